The quantitative estimate of drug-likeness (QED) is 0.616. The number of aromatic nitrogens is 3. The first kappa shape index (κ1) is 17.9. The molecule has 0 saturated carbocycles. The average molecular weight is 370 g/mol. The number of nitrogens with one attached hydrogen (secondary N) is 2. The second-order valence-electron chi connectivity index (χ2n) is 5.53. The van der Waals surface area contributed by atoms with Crippen molar-refractivity contribution in [2.24, 2.45) is 0 Å². The van der Waals surface area contributed by atoms with Crippen LogP contribution in [-0.4, -0.2) is 28.3 Å². The summed E-state index contributed by atoms with van der Waals surface area (Å²) < 4.78 is 5.60. The molecule has 0 atom stereocenters. The van der Waals surface area contributed by atoms with Crippen molar-refractivity contribution in [3.63, 3.8) is 0 Å². The van der Waals surface area contributed by atoms with Gasteiger partial charge in [0, 0.05) is 11.6 Å². The van der Waals surface area contributed by atoms with Crippen LogP contribution in [0.1, 0.15) is 12.5 Å². The van der Waals surface area contributed by atoms with E-state index in [1.165, 1.54) is 0 Å². The van der Waals surface area contributed by atoms with E-state index >= 15 is 0 Å². The van der Waals surface area contributed by atoms with Gasteiger partial charge in [-0.15, -0.1) is 5.10 Å². The first-order valence-corrected chi connectivity index (χ1v) is 8.79. The van der Waals surface area contributed by atoms with Crippen LogP contribution in [0.15, 0.2) is 54.7 Å². The summed E-state index contributed by atoms with van der Waals surface area (Å²) in [5, 5.41) is 15.2. The molecular weight excluding hydrogens is 350 g/mol. The summed E-state index contributed by atoms with van der Waals surface area (Å²) in [5.74, 6) is 1.81. The highest BCUT2D eigenvalue weighted by molar-refractivity contribution is 6.30. The summed E-state index contributed by atoms with van der Waals surface area (Å²) in [5.41, 5.74) is 1.96. The van der Waals surface area contributed by atoms with Crippen molar-refractivity contribution in [2.75, 3.05) is 23.8 Å². The summed E-state index contributed by atoms with van der Waals surface area (Å²) in [7, 11) is 0. The number of benzene rings is 2. The predicted octanol–water partition coefficient (Wildman–Crippen LogP) is 4.32. The Morgan fingerprint density at radius 3 is 2.85 bits per heavy atom. The monoisotopic (exact) mass is 369 g/mol. The molecule has 0 aliphatic heterocycles. The van der Waals surface area contributed by atoms with Crippen LogP contribution >= 0.6 is 11.6 Å². The van der Waals surface area contributed by atoms with Crippen LogP contribution in [-0.2, 0) is 6.42 Å². The fourth-order valence-corrected chi connectivity index (χ4v) is 2.65. The van der Waals surface area contributed by atoms with E-state index in [-0.39, 0.29) is 0 Å². The lowest BCUT2D eigenvalue weighted by Crippen LogP contribution is -2.09. The Morgan fingerprint density at radius 1 is 1.12 bits per heavy atom. The lowest BCUT2D eigenvalue weighted by atomic mass is 10.1. The summed E-state index contributed by atoms with van der Waals surface area (Å²) in [6, 6.07) is 15.5. The van der Waals surface area contributed by atoms with Gasteiger partial charge in [0.2, 0.25) is 5.95 Å². The molecule has 1 aromatic heterocycles. The third-order valence-corrected chi connectivity index (χ3v) is 3.84. The Kier molecular flexibility index (Phi) is 6.22. The second-order valence-corrected chi connectivity index (χ2v) is 5.96. The maximum absolute atomic E-state index is 6.00. The number of hydrogen-bond donors (Lipinski definition) is 2. The lowest BCUT2D eigenvalue weighted by molar-refractivity contribution is 0.342. The molecule has 1 heterocycles. The molecule has 2 aromatic carbocycles. The number of para-hydroxylation sites is 2. The van der Waals surface area contributed by atoms with E-state index in [9.17, 15) is 0 Å². The minimum atomic E-state index is 0.407. The first-order chi connectivity index (χ1) is 12.7. The van der Waals surface area contributed by atoms with Gasteiger partial charge in [-0.25, -0.2) is 0 Å². The lowest BCUT2D eigenvalue weighted by Gasteiger charge is -2.11. The molecule has 26 heavy (non-hydrogen) atoms. The summed E-state index contributed by atoms with van der Waals surface area (Å²) >= 11 is 6.00. The Hall–Kier alpha value is -2.86. The maximum atomic E-state index is 6.00. The highest BCUT2D eigenvalue weighted by Gasteiger charge is 2.06. The first-order valence-electron chi connectivity index (χ1n) is 8.41. The number of halogens is 1. The minimum Gasteiger partial charge on any atom is -0.492 e. The molecule has 0 spiro atoms. The average Bonchev–Trinajstić information content (AvgIpc) is 2.64. The topological polar surface area (TPSA) is 72.0 Å². The van der Waals surface area contributed by atoms with E-state index < -0.39 is 0 Å². The van der Waals surface area contributed by atoms with Gasteiger partial charge in [0.15, 0.2) is 5.82 Å². The minimum absolute atomic E-state index is 0.407. The molecule has 6 nitrogen and oxygen atoms in total. The number of ether oxygens (including phenoxy) is 1. The summed E-state index contributed by atoms with van der Waals surface area (Å²) in [4.78, 5) is 4.44. The van der Waals surface area contributed by atoms with Crippen LogP contribution in [0.3, 0.4) is 0 Å². The van der Waals surface area contributed by atoms with Gasteiger partial charge in [-0.2, -0.15) is 10.1 Å². The standard InChI is InChI=1S/C19H20ClN5O/c1-2-26-17-9-4-3-8-16(17)23-19-24-18(13-22-25-19)21-11-10-14-6-5-7-15(20)12-14/h3-9,12-13H,2,10-11H2,1H3,(H2,21,23,24,25). The number of nitrogens with zero attached hydrogens (tertiary/aromatic N) is 3. The third-order valence-electron chi connectivity index (χ3n) is 3.60. The molecule has 134 valence electrons. The Labute approximate surface area is 157 Å². The second kappa shape index (κ2) is 9.01. The number of hydrogen-bond acceptors (Lipinski definition) is 6. The molecule has 3 aromatic rings. The summed E-state index contributed by atoms with van der Waals surface area (Å²) in [6.45, 7) is 3.25. The van der Waals surface area contributed by atoms with Crippen LogP contribution in [0.4, 0.5) is 17.5 Å². The van der Waals surface area contributed by atoms with E-state index in [0.717, 1.165) is 28.4 Å². The van der Waals surface area contributed by atoms with Gasteiger partial charge in [-0.05, 0) is 43.2 Å². The highest BCUT2D eigenvalue weighted by Crippen LogP contribution is 2.26. The summed E-state index contributed by atoms with van der Waals surface area (Å²) in [6.07, 6.45) is 2.43. The molecule has 0 fully saturated rings. The largest absolute Gasteiger partial charge is 0.492 e. The fourth-order valence-electron chi connectivity index (χ4n) is 2.44. The normalized spacial score (nSPS) is 10.4. The van der Waals surface area contributed by atoms with Crippen molar-refractivity contribution in [3.05, 3.63) is 65.3 Å². The van der Waals surface area contributed by atoms with Crippen molar-refractivity contribution in [3.8, 4) is 5.75 Å². The van der Waals surface area contributed by atoms with Crippen molar-refractivity contribution >= 4 is 29.1 Å². The van der Waals surface area contributed by atoms with Crippen LogP contribution in [0, 0.1) is 0 Å². The van der Waals surface area contributed by atoms with Crippen molar-refractivity contribution in [2.45, 2.75) is 13.3 Å². The van der Waals surface area contributed by atoms with E-state index in [4.69, 9.17) is 16.3 Å². The molecule has 0 radical (unpaired) electrons. The smallest absolute Gasteiger partial charge is 0.249 e. The van der Waals surface area contributed by atoms with Crippen LogP contribution in [0.25, 0.3) is 0 Å². The zero-order valence-corrected chi connectivity index (χ0v) is 15.2. The van der Waals surface area contributed by atoms with E-state index in [1.54, 1.807) is 6.20 Å². The van der Waals surface area contributed by atoms with Crippen molar-refractivity contribution in [1.29, 1.82) is 0 Å². The molecule has 0 saturated heterocycles. The van der Waals surface area contributed by atoms with E-state index in [2.05, 4.69) is 25.8 Å². The van der Waals surface area contributed by atoms with E-state index in [0.29, 0.717) is 24.9 Å². The zero-order valence-electron chi connectivity index (χ0n) is 14.4. The van der Waals surface area contributed by atoms with E-state index in [1.807, 2.05) is 55.5 Å². The SMILES string of the molecule is CCOc1ccccc1Nc1nncc(NCCc2cccc(Cl)c2)n1. The molecule has 0 aliphatic carbocycles. The van der Waals surface area contributed by atoms with Gasteiger partial charge in [0.1, 0.15) is 5.75 Å². The van der Waals surface area contributed by atoms with Crippen molar-refractivity contribution < 1.29 is 4.74 Å². The van der Waals surface area contributed by atoms with Gasteiger partial charge < -0.3 is 15.4 Å². The van der Waals surface area contributed by atoms with Crippen LogP contribution in [0.5, 0.6) is 5.75 Å². The molecule has 0 amide bonds. The Balaban J connectivity index is 1.61. The van der Waals surface area contributed by atoms with Crippen LogP contribution < -0.4 is 15.4 Å². The number of anilines is 3. The zero-order chi connectivity index (χ0) is 18.2. The molecule has 0 bridgehead atoms. The predicted molar refractivity (Wildman–Crippen MR) is 104 cm³/mol. The van der Waals surface area contributed by atoms with Gasteiger partial charge >= 0.3 is 0 Å². The van der Waals surface area contributed by atoms with Crippen molar-refractivity contribution in [1.82, 2.24) is 15.2 Å². The molecule has 7 heteroatoms. The molecular formula is C19H20ClN5O. The third kappa shape index (κ3) is 5.07. The highest BCUT2D eigenvalue weighted by atomic mass is 35.5. The fraction of sp³-hybridized carbons (Fsp3) is 0.211. The maximum Gasteiger partial charge on any atom is 0.249 e. The van der Waals surface area contributed by atoms with Gasteiger partial charge in [0.25, 0.3) is 0 Å². The molecule has 2 N–H and O–H groups in total. The van der Waals surface area contributed by atoms with Crippen LogP contribution in [0.2, 0.25) is 5.02 Å². The molecule has 3 rings (SSSR count). The Bertz CT molecular complexity index is 859. The molecule has 0 unspecified atom stereocenters. The van der Waals surface area contributed by atoms with Gasteiger partial charge in [-0.3, -0.25) is 0 Å². The number of rotatable bonds is 8. The van der Waals surface area contributed by atoms with Gasteiger partial charge in [-0.1, -0.05) is 35.9 Å². The van der Waals surface area contributed by atoms with Gasteiger partial charge in [0.05, 0.1) is 18.5 Å². The Morgan fingerprint density at radius 2 is 2.00 bits per heavy atom. The molecule has 0 aliphatic rings.